The lowest BCUT2D eigenvalue weighted by molar-refractivity contribution is -0.135. The molecule has 7 heteroatoms. The van der Waals surface area contributed by atoms with Crippen molar-refractivity contribution in [1.82, 2.24) is 0 Å². The molecule has 2 N–H and O–H groups in total. The Morgan fingerprint density at radius 3 is 2.10 bits per heavy atom. The first-order valence-electron chi connectivity index (χ1n) is 9.01. The SMILES string of the molecule is CCOc1cc(/C(=C/C#N)c2ccc(OC)c(OC(=O)C(C)N)c2)ccc1OC. The van der Waals surface area contributed by atoms with Gasteiger partial charge in [0.05, 0.1) is 26.9 Å². The highest BCUT2D eigenvalue weighted by molar-refractivity contribution is 5.84. The van der Waals surface area contributed by atoms with E-state index >= 15 is 0 Å². The van der Waals surface area contributed by atoms with Gasteiger partial charge in [0.2, 0.25) is 0 Å². The maximum absolute atomic E-state index is 11.9. The van der Waals surface area contributed by atoms with Gasteiger partial charge >= 0.3 is 5.97 Å². The Morgan fingerprint density at radius 2 is 1.62 bits per heavy atom. The highest BCUT2D eigenvalue weighted by Crippen LogP contribution is 2.36. The number of hydrogen-bond acceptors (Lipinski definition) is 7. The van der Waals surface area contributed by atoms with E-state index in [-0.39, 0.29) is 5.75 Å². The van der Waals surface area contributed by atoms with E-state index in [1.807, 2.05) is 13.0 Å². The zero-order valence-corrected chi connectivity index (χ0v) is 16.9. The lowest BCUT2D eigenvalue weighted by atomic mass is 9.97. The fourth-order valence-electron chi connectivity index (χ4n) is 2.64. The number of esters is 1. The Balaban J connectivity index is 2.54. The molecule has 29 heavy (non-hydrogen) atoms. The molecule has 1 atom stereocenters. The highest BCUT2D eigenvalue weighted by Gasteiger charge is 2.17. The lowest BCUT2D eigenvalue weighted by Crippen LogP contribution is -2.31. The smallest absolute Gasteiger partial charge is 0.328 e. The number of ether oxygens (including phenoxy) is 4. The van der Waals surface area contributed by atoms with E-state index in [4.69, 9.17) is 24.7 Å². The standard InChI is InChI=1S/C22H24N2O5/c1-5-28-20-12-15(6-8-18(20)26-3)17(10-11-23)16-7-9-19(27-4)21(13-16)29-22(25)14(2)24/h6-10,12-14H,5,24H2,1-4H3/b17-10-. The number of allylic oxidation sites excluding steroid dienone is 1. The summed E-state index contributed by atoms with van der Waals surface area (Å²) in [4.78, 5) is 11.9. The van der Waals surface area contributed by atoms with Crippen molar-refractivity contribution in [2.75, 3.05) is 20.8 Å². The van der Waals surface area contributed by atoms with Crippen molar-refractivity contribution in [3.8, 4) is 29.1 Å². The van der Waals surface area contributed by atoms with Crippen LogP contribution < -0.4 is 24.7 Å². The van der Waals surface area contributed by atoms with Crippen LogP contribution >= 0.6 is 0 Å². The van der Waals surface area contributed by atoms with E-state index in [0.29, 0.717) is 35.0 Å². The molecule has 0 radical (unpaired) electrons. The molecule has 2 aromatic carbocycles. The van der Waals surface area contributed by atoms with E-state index < -0.39 is 12.0 Å². The minimum atomic E-state index is -0.784. The van der Waals surface area contributed by atoms with Gasteiger partial charge in [0.25, 0.3) is 0 Å². The summed E-state index contributed by atoms with van der Waals surface area (Å²) >= 11 is 0. The second-order valence-electron chi connectivity index (χ2n) is 6.06. The summed E-state index contributed by atoms with van der Waals surface area (Å²) in [6, 6.07) is 11.7. The van der Waals surface area contributed by atoms with Crippen LogP contribution in [0.4, 0.5) is 0 Å². The topological polar surface area (TPSA) is 104 Å². The molecule has 2 aromatic rings. The van der Waals surface area contributed by atoms with Crippen molar-refractivity contribution in [3.05, 3.63) is 53.6 Å². The summed E-state index contributed by atoms with van der Waals surface area (Å²) in [5, 5.41) is 9.31. The first-order valence-corrected chi connectivity index (χ1v) is 9.01. The number of benzene rings is 2. The van der Waals surface area contributed by atoms with Crippen molar-refractivity contribution in [2.45, 2.75) is 19.9 Å². The summed E-state index contributed by atoms with van der Waals surface area (Å²) in [6.45, 7) is 3.88. The zero-order valence-electron chi connectivity index (χ0n) is 16.9. The van der Waals surface area contributed by atoms with Gasteiger partial charge in [-0.1, -0.05) is 12.1 Å². The molecule has 0 aliphatic rings. The molecule has 0 spiro atoms. The molecule has 0 aromatic heterocycles. The highest BCUT2D eigenvalue weighted by atomic mass is 16.6. The van der Waals surface area contributed by atoms with Gasteiger partial charge in [0.1, 0.15) is 6.04 Å². The summed E-state index contributed by atoms with van der Waals surface area (Å²) in [7, 11) is 3.04. The molecule has 0 saturated heterocycles. The van der Waals surface area contributed by atoms with Crippen LogP contribution in [0, 0.1) is 11.3 Å². The van der Waals surface area contributed by atoms with Crippen LogP contribution in [0.25, 0.3) is 5.57 Å². The molecule has 0 heterocycles. The van der Waals surface area contributed by atoms with Crippen molar-refractivity contribution in [3.63, 3.8) is 0 Å². The Labute approximate surface area is 170 Å². The predicted octanol–water partition coefficient (Wildman–Crippen LogP) is 3.31. The van der Waals surface area contributed by atoms with Crippen LogP contribution in [-0.4, -0.2) is 32.8 Å². The third kappa shape index (κ3) is 5.27. The number of methoxy groups -OCH3 is 2. The Morgan fingerprint density at radius 1 is 1.07 bits per heavy atom. The van der Waals surface area contributed by atoms with Gasteiger partial charge in [-0.2, -0.15) is 5.26 Å². The largest absolute Gasteiger partial charge is 0.493 e. The second kappa shape index (κ2) is 10.2. The van der Waals surface area contributed by atoms with E-state index in [1.165, 1.54) is 20.1 Å². The van der Waals surface area contributed by atoms with Crippen LogP contribution in [0.3, 0.4) is 0 Å². The normalized spacial score (nSPS) is 11.9. The third-order valence-corrected chi connectivity index (χ3v) is 4.04. The van der Waals surface area contributed by atoms with Crippen molar-refractivity contribution in [2.24, 2.45) is 5.73 Å². The van der Waals surface area contributed by atoms with Crippen LogP contribution in [0.2, 0.25) is 0 Å². The number of nitrogens with zero attached hydrogens (tertiary/aromatic N) is 1. The number of rotatable bonds is 8. The Bertz CT molecular complexity index is 945. The molecule has 0 fully saturated rings. The number of carbonyl (C=O) groups is 1. The Hall–Kier alpha value is -3.50. The van der Waals surface area contributed by atoms with Crippen LogP contribution in [0.15, 0.2) is 42.5 Å². The summed E-state index contributed by atoms with van der Waals surface area (Å²) in [6.07, 6.45) is 1.41. The fraction of sp³-hybridized carbons (Fsp3) is 0.273. The first-order chi connectivity index (χ1) is 13.9. The van der Waals surface area contributed by atoms with Crippen molar-refractivity contribution >= 4 is 11.5 Å². The minimum absolute atomic E-state index is 0.217. The quantitative estimate of drug-likeness (QED) is 0.415. The van der Waals surface area contributed by atoms with Gasteiger partial charge in [0.15, 0.2) is 23.0 Å². The van der Waals surface area contributed by atoms with Gasteiger partial charge in [-0.25, -0.2) is 4.79 Å². The molecule has 2 rings (SSSR count). The van der Waals surface area contributed by atoms with E-state index in [0.717, 1.165) is 5.56 Å². The summed E-state index contributed by atoms with van der Waals surface area (Å²) < 4.78 is 21.6. The predicted molar refractivity (Wildman–Crippen MR) is 109 cm³/mol. The number of nitriles is 1. The molecule has 7 nitrogen and oxygen atoms in total. The van der Waals surface area contributed by atoms with Crippen LogP contribution in [0.5, 0.6) is 23.0 Å². The first kappa shape index (κ1) is 21.8. The molecule has 152 valence electrons. The van der Waals surface area contributed by atoms with E-state index in [2.05, 4.69) is 6.07 Å². The van der Waals surface area contributed by atoms with Crippen molar-refractivity contribution < 1.29 is 23.7 Å². The minimum Gasteiger partial charge on any atom is -0.493 e. The Kier molecular flexibility index (Phi) is 7.63. The van der Waals surface area contributed by atoms with Crippen molar-refractivity contribution in [1.29, 1.82) is 5.26 Å². The molecule has 0 aliphatic heterocycles. The monoisotopic (exact) mass is 396 g/mol. The van der Waals surface area contributed by atoms with Crippen LogP contribution in [-0.2, 0) is 4.79 Å². The van der Waals surface area contributed by atoms with E-state index in [9.17, 15) is 10.1 Å². The fourth-order valence-corrected chi connectivity index (χ4v) is 2.64. The van der Waals surface area contributed by atoms with Gasteiger partial charge in [0, 0.05) is 6.08 Å². The average Bonchev–Trinajstić information content (AvgIpc) is 2.72. The summed E-state index contributed by atoms with van der Waals surface area (Å²) in [5.41, 5.74) is 7.61. The lowest BCUT2D eigenvalue weighted by Gasteiger charge is -2.15. The zero-order chi connectivity index (χ0) is 21.4. The third-order valence-electron chi connectivity index (χ3n) is 4.04. The van der Waals surface area contributed by atoms with Gasteiger partial charge in [-0.3, -0.25) is 0 Å². The maximum Gasteiger partial charge on any atom is 0.328 e. The molecular weight excluding hydrogens is 372 g/mol. The molecular formula is C22H24N2O5. The molecule has 0 saturated carbocycles. The average molecular weight is 396 g/mol. The van der Waals surface area contributed by atoms with Gasteiger partial charge in [-0.15, -0.1) is 0 Å². The van der Waals surface area contributed by atoms with E-state index in [1.54, 1.807) is 37.4 Å². The second-order valence-corrected chi connectivity index (χ2v) is 6.06. The molecule has 0 aliphatic carbocycles. The number of nitrogens with two attached hydrogens (primary N) is 1. The maximum atomic E-state index is 11.9. The van der Waals surface area contributed by atoms with Gasteiger partial charge < -0.3 is 24.7 Å². The summed E-state index contributed by atoms with van der Waals surface area (Å²) in [5.74, 6) is 1.16. The molecule has 1 unspecified atom stereocenters. The van der Waals surface area contributed by atoms with Gasteiger partial charge in [-0.05, 0) is 54.8 Å². The number of hydrogen-bond donors (Lipinski definition) is 1. The molecule has 0 amide bonds. The number of carbonyl (C=O) groups excluding carboxylic acids is 1. The molecule has 0 bridgehead atoms. The van der Waals surface area contributed by atoms with Crippen LogP contribution in [0.1, 0.15) is 25.0 Å².